The van der Waals surface area contributed by atoms with Crippen molar-refractivity contribution in [2.24, 2.45) is 0 Å². The van der Waals surface area contributed by atoms with Crippen LogP contribution >= 0.6 is 0 Å². The predicted octanol–water partition coefficient (Wildman–Crippen LogP) is 2.83. The molecule has 122 valence electrons. The molecule has 2 amide bonds. The molecule has 0 aliphatic carbocycles. The zero-order valence-electron chi connectivity index (χ0n) is 14.1. The molecule has 0 atom stereocenters. The number of hydrogen-bond donors (Lipinski definition) is 0. The lowest BCUT2D eigenvalue weighted by atomic mass is 10.2. The van der Waals surface area contributed by atoms with Crippen molar-refractivity contribution in [1.82, 2.24) is 14.8 Å². The highest BCUT2D eigenvalue weighted by molar-refractivity contribution is 5.96. The van der Waals surface area contributed by atoms with Gasteiger partial charge in [0.1, 0.15) is 11.4 Å². The number of amides is 2. The van der Waals surface area contributed by atoms with Crippen LogP contribution in [0.3, 0.4) is 0 Å². The summed E-state index contributed by atoms with van der Waals surface area (Å²) in [6.45, 7) is 10.6. The first kappa shape index (κ1) is 18.1. The smallest absolute Gasteiger partial charge is 0.272 e. The van der Waals surface area contributed by atoms with Gasteiger partial charge in [-0.15, -0.1) is 0 Å². The fourth-order valence-electron chi connectivity index (χ4n) is 2.34. The maximum Gasteiger partial charge on any atom is 0.272 e. The Morgan fingerprint density at radius 2 is 1.27 bits per heavy atom. The zero-order chi connectivity index (χ0) is 16.5. The summed E-state index contributed by atoms with van der Waals surface area (Å²) in [5.74, 6) is -0.227. The van der Waals surface area contributed by atoms with E-state index in [-0.39, 0.29) is 11.8 Å². The molecule has 0 unspecified atom stereocenters. The van der Waals surface area contributed by atoms with E-state index >= 15 is 0 Å². The van der Waals surface area contributed by atoms with Gasteiger partial charge in [0.15, 0.2) is 0 Å². The fourth-order valence-corrected chi connectivity index (χ4v) is 2.34. The molecular formula is C17H27N3O2. The highest BCUT2D eigenvalue weighted by Gasteiger charge is 2.19. The van der Waals surface area contributed by atoms with E-state index in [0.29, 0.717) is 37.6 Å². The van der Waals surface area contributed by atoms with Gasteiger partial charge in [-0.2, -0.15) is 0 Å². The van der Waals surface area contributed by atoms with Gasteiger partial charge in [0.05, 0.1) is 0 Å². The SMILES string of the molecule is CCCN(CC)C(=O)c1cccc(C(=O)N(CC)CCC)n1. The number of aromatic nitrogens is 1. The minimum Gasteiger partial charge on any atom is -0.338 e. The highest BCUT2D eigenvalue weighted by Crippen LogP contribution is 2.08. The minimum absolute atomic E-state index is 0.113. The van der Waals surface area contributed by atoms with Gasteiger partial charge >= 0.3 is 0 Å². The highest BCUT2D eigenvalue weighted by atomic mass is 16.2. The standard InChI is InChI=1S/C17H27N3O2/c1-5-12-19(7-3)16(21)14-10-9-11-15(18-14)17(22)20(8-4)13-6-2/h9-11H,5-8,12-13H2,1-4H3. The molecule has 1 heterocycles. The second-order valence-electron chi connectivity index (χ2n) is 5.18. The van der Waals surface area contributed by atoms with Crippen LogP contribution in [0.1, 0.15) is 61.5 Å². The summed E-state index contributed by atoms with van der Waals surface area (Å²) in [6, 6.07) is 5.08. The lowest BCUT2D eigenvalue weighted by molar-refractivity contribution is 0.0751. The maximum absolute atomic E-state index is 12.4. The molecule has 1 aromatic heterocycles. The Morgan fingerprint density at radius 1 is 0.864 bits per heavy atom. The number of pyridine rings is 1. The molecule has 5 heteroatoms. The van der Waals surface area contributed by atoms with Crippen molar-refractivity contribution in [2.75, 3.05) is 26.2 Å². The number of nitrogens with zero attached hydrogens (tertiary/aromatic N) is 3. The molecule has 0 bridgehead atoms. The van der Waals surface area contributed by atoms with Crippen molar-refractivity contribution < 1.29 is 9.59 Å². The van der Waals surface area contributed by atoms with Crippen LogP contribution in [0.25, 0.3) is 0 Å². The van der Waals surface area contributed by atoms with Crippen LogP contribution in [-0.4, -0.2) is 52.8 Å². The predicted molar refractivity (Wildman–Crippen MR) is 88.0 cm³/mol. The van der Waals surface area contributed by atoms with E-state index in [0.717, 1.165) is 12.8 Å². The molecule has 0 fully saturated rings. The fraction of sp³-hybridized carbons (Fsp3) is 0.588. The molecule has 0 saturated carbocycles. The van der Waals surface area contributed by atoms with Crippen LogP contribution in [0.4, 0.5) is 0 Å². The quantitative estimate of drug-likeness (QED) is 0.742. The molecule has 0 aliphatic heterocycles. The molecule has 0 N–H and O–H groups in total. The summed E-state index contributed by atoms with van der Waals surface area (Å²) in [5, 5.41) is 0. The van der Waals surface area contributed by atoms with Crippen molar-refractivity contribution in [1.29, 1.82) is 0 Å². The molecule has 0 aromatic carbocycles. The Bertz CT molecular complexity index is 461. The Balaban J connectivity index is 2.98. The largest absolute Gasteiger partial charge is 0.338 e. The van der Waals surface area contributed by atoms with Crippen LogP contribution in [0, 0.1) is 0 Å². The van der Waals surface area contributed by atoms with E-state index in [1.54, 1.807) is 28.0 Å². The Kier molecular flexibility index (Phi) is 7.57. The molecule has 5 nitrogen and oxygen atoms in total. The van der Waals surface area contributed by atoms with Crippen LogP contribution in [0.15, 0.2) is 18.2 Å². The minimum atomic E-state index is -0.113. The van der Waals surface area contributed by atoms with E-state index in [1.807, 2.05) is 27.7 Å². The maximum atomic E-state index is 12.4. The molecule has 22 heavy (non-hydrogen) atoms. The van der Waals surface area contributed by atoms with Crippen molar-refractivity contribution in [2.45, 2.75) is 40.5 Å². The molecule has 1 aromatic rings. The first-order chi connectivity index (χ1) is 10.6. The molecule has 1 rings (SSSR count). The van der Waals surface area contributed by atoms with Gasteiger partial charge in [0.2, 0.25) is 0 Å². The molecule has 0 aliphatic rings. The van der Waals surface area contributed by atoms with Crippen LogP contribution in [0.5, 0.6) is 0 Å². The summed E-state index contributed by atoms with van der Waals surface area (Å²) in [7, 11) is 0. The molecule has 0 spiro atoms. The third kappa shape index (κ3) is 4.55. The van der Waals surface area contributed by atoms with Gasteiger partial charge in [0.25, 0.3) is 11.8 Å². The summed E-state index contributed by atoms with van der Waals surface area (Å²) in [6.07, 6.45) is 1.80. The van der Waals surface area contributed by atoms with Crippen molar-refractivity contribution in [3.8, 4) is 0 Å². The average Bonchev–Trinajstić information content (AvgIpc) is 2.56. The number of hydrogen-bond acceptors (Lipinski definition) is 3. The van der Waals surface area contributed by atoms with Crippen LogP contribution in [0.2, 0.25) is 0 Å². The topological polar surface area (TPSA) is 53.5 Å². The molecular weight excluding hydrogens is 278 g/mol. The third-order valence-corrected chi connectivity index (χ3v) is 3.51. The Labute approximate surface area is 133 Å². The lowest BCUT2D eigenvalue weighted by Gasteiger charge is -2.21. The molecule has 0 radical (unpaired) electrons. The molecule has 0 saturated heterocycles. The normalized spacial score (nSPS) is 10.4. The van der Waals surface area contributed by atoms with Crippen LogP contribution < -0.4 is 0 Å². The first-order valence-electron chi connectivity index (χ1n) is 8.14. The van der Waals surface area contributed by atoms with Crippen LogP contribution in [-0.2, 0) is 0 Å². The number of rotatable bonds is 8. The summed E-state index contributed by atoms with van der Waals surface area (Å²) in [4.78, 5) is 32.7. The Morgan fingerprint density at radius 3 is 1.59 bits per heavy atom. The second kappa shape index (κ2) is 9.18. The third-order valence-electron chi connectivity index (χ3n) is 3.51. The van der Waals surface area contributed by atoms with E-state index in [2.05, 4.69) is 4.98 Å². The van der Waals surface area contributed by atoms with Gasteiger partial charge in [-0.05, 0) is 38.8 Å². The monoisotopic (exact) mass is 305 g/mol. The number of carbonyl (C=O) groups excluding carboxylic acids is 2. The summed E-state index contributed by atoms with van der Waals surface area (Å²) >= 11 is 0. The van der Waals surface area contributed by atoms with Crippen molar-refractivity contribution in [3.63, 3.8) is 0 Å². The summed E-state index contributed by atoms with van der Waals surface area (Å²) in [5.41, 5.74) is 0.683. The second-order valence-corrected chi connectivity index (χ2v) is 5.18. The lowest BCUT2D eigenvalue weighted by Crippen LogP contribution is -2.34. The van der Waals surface area contributed by atoms with Gasteiger partial charge < -0.3 is 9.80 Å². The van der Waals surface area contributed by atoms with Gasteiger partial charge in [-0.25, -0.2) is 4.98 Å². The van der Waals surface area contributed by atoms with Gasteiger partial charge in [0, 0.05) is 26.2 Å². The zero-order valence-corrected chi connectivity index (χ0v) is 14.1. The van der Waals surface area contributed by atoms with Gasteiger partial charge in [-0.3, -0.25) is 9.59 Å². The number of carbonyl (C=O) groups is 2. The van der Waals surface area contributed by atoms with E-state index < -0.39 is 0 Å². The summed E-state index contributed by atoms with van der Waals surface area (Å²) < 4.78 is 0. The average molecular weight is 305 g/mol. The van der Waals surface area contributed by atoms with Gasteiger partial charge in [-0.1, -0.05) is 19.9 Å². The van der Waals surface area contributed by atoms with E-state index in [4.69, 9.17) is 0 Å². The first-order valence-corrected chi connectivity index (χ1v) is 8.14. The Hall–Kier alpha value is -1.91. The van der Waals surface area contributed by atoms with Crippen molar-refractivity contribution >= 4 is 11.8 Å². The van der Waals surface area contributed by atoms with E-state index in [9.17, 15) is 9.59 Å². The van der Waals surface area contributed by atoms with Crippen molar-refractivity contribution in [3.05, 3.63) is 29.6 Å². The van der Waals surface area contributed by atoms with E-state index in [1.165, 1.54) is 0 Å².